The normalized spacial score (nSPS) is 10.8. The third-order valence-corrected chi connectivity index (χ3v) is 1.87. The molecule has 1 aromatic rings. The zero-order chi connectivity index (χ0) is 11.4. The third kappa shape index (κ3) is 3.43. The van der Waals surface area contributed by atoms with Crippen molar-refractivity contribution in [1.82, 2.24) is 4.90 Å². The zero-order valence-electron chi connectivity index (χ0n) is 8.65. The van der Waals surface area contributed by atoms with Gasteiger partial charge in [-0.2, -0.15) is 0 Å². The van der Waals surface area contributed by atoms with Crippen LogP contribution in [-0.2, 0) is 0 Å². The van der Waals surface area contributed by atoms with Gasteiger partial charge in [0.25, 0.3) is 0 Å². The van der Waals surface area contributed by atoms with Crippen molar-refractivity contribution in [3.63, 3.8) is 0 Å². The predicted molar refractivity (Wildman–Crippen MR) is 53.4 cm³/mol. The minimum Gasteiger partial charge on any atom is -0.384 e. The van der Waals surface area contributed by atoms with Gasteiger partial charge in [-0.3, -0.25) is 0 Å². The first kappa shape index (κ1) is 11.8. The molecule has 1 aromatic carbocycles. The van der Waals surface area contributed by atoms with Crippen LogP contribution >= 0.6 is 0 Å². The summed E-state index contributed by atoms with van der Waals surface area (Å²) >= 11 is 0. The van der Waals surface area contributed by atoms with E-state index >= 15 is 0 Å². The number of hydrogen-bond acceptors (Lipinski definition) is 2. The molecule has 0 aliphatic rings. The highest BCUT2D eigenvalue weighted by Gasteiger charge is 2.09. The Morgan fingerprint density at radius 2 is 1.67 bits per heavy atom. The Morgan fingerprint density at radius 3 is 2.13 bits per heavy atom. The number of hydrogen-bond donors (Lipinski definition) is 1. The van der Waals surface area contributed by atoms with Gasteiger partial charge in [-0.25, -0.2) is 13.2 Å². The Bertz CT molecular complexity index is 316. The number of likely N-dealkylation sites (N-methyl/N-ethyl adjacent to an activating group) is 1. The van der Waals surface area contributed by atoms with Crippen LogP contribution in [-0.4, -0.2) is 32.1 Å². The molecule has 2 nitrogen and oxygen atoms in total. The van der Waals surface area contributed by atoms with Crippen LogP contribution in [0.1, 0.15) is 0 Å². The molecule has 0 radical (unpaired) electrons. The first-order valence-electron chi connectivity index (χ1n) is 4.54. The third-order valence-electron chi connectivity index (χ3n) is 1.87. The molecule has 0 spiro atoms. The van der Waals surface area contributed by atoms with E-state index in [9.17, 15) is 13.2 Å². The van der Waals surface area contributed by atoms with Crippen LogP contribution in [0.15, 0.2) is 12.1 Å². The van der Waals surface area contributed by atoms with E-state index in [2.05, 4.69) is 5.32 Å². The van der Waals surface area contributed by atoms with Gasteiger partial charge >= 0.3 is 0 Å². The second-order valence-corrected chi connectivity index (χ2v) is 3.48. The second-order valence-electron chi connectivity index (χ2n) is 3.48. The smallest absolute Gasteiger partial charge is 0.194 e. The SMILES string of the molecule is CN(C)CCNc1cc(F)c(F)c(F)c1. The lowest BCUT2D eigenvalue weighted by atomic mass is 10.3. The van der Waals surface area contributed by atoms with Crippen LogP contribution in [0.2, 0.25) is 0 Å². The highest BCUT2D eigenvalue weighted by atomic mass is 19.2. The lowest BCUT2D eigenvalue weighted by molar-refractivity contribution is 0.424. The van der Waals surface area contributed by atoms with Crippen LogP contribution in [0.25, 0.3) is 0 Å². The minimum absolute atomic E-state index is 0.244. The van der Waals surface area contributed by atoms with E-state index in [4.69, 9.17) is 0 Å². The molecule has 0 aromatic heterocycles. The number of halogens is 3. The van der Waals surface area contributed by atoms with Crippen LogP contribution in [0.4, 0.5) is 18.9 Å². The van der Waals surface area contributed by atoms with E-state index in [1.807, 2.05) is 19.0 Å². The summed E-state index contributed by atoms with van der Waals surface area (Å²) in [5.74, 6) is -3.79. The largest absolute Gasteiger partial charge is 0.384 e. The molecule has 0 unspecified atom stereocenters. The maximum atomic E-state index is 12.8. The van der Waals surface area contributed by atoms with Crippen molar-refractivity contribution in [1.29, 1.82) is 0 Å². The molecule has 0 amide bonds. The molecule has 0 atom stereocenters. The lowest BCUT2D eigenvalue weighted by Crippen LogP contribution is -2.20. The summed E-state index contributed by atoms with van der Waals surface area (Å²) in [5, 5.41) is 2.80. The Kier molecular flexibility index (Phi) is 3.96. The number of rotatable bonds is 4. The van der Waals surface area contributed by atoms with Crippen LogP contribution < -0.4 is 5.32 Å². The summed E-state index contributed by atoms with van der Waals surface area (Å²) in [4.78, 5) is 1.92. The maximum absolute atomic E-state index is 12.8. The standard InChI is InChI=1S/C10H13F3N2/c1-15(2)4-3-14-7-5-8(11)10(13)9(12)6-7/h5-6,14H,3-4H2,1-2H3. The summed E-state index contributed by atoms with van der Waals surface area (Å²) in [5.41, 5.74) is 0.244. The van der Waals surface area contributed by atoms with Gasteiger partial charge in [-0.1, -0.05) is 0 Å². The van der Waals surface area contributed by atoms with Gasteiger partial charge in [-0.05, 0) is 14.1 Å². The summed E-state index contributed by atoms with van der Waals surface area (Å²) < 4.78 is 38.1. The predicted octanol–water partition coefficient (Wildman–Crippen LogP) is 2.08. The Hall–Kier alpha value is -1.23. The van der Waals surface area contributed by atoms with Crippen molar-refractivity contribution >= 4 is 5.69 Å². The Balaban J connectivity index is 2.63. The topological polar surface area (TPSA) is 15.3 Å². The van der Waals surface area contributed by atoms with E-state index in [0.29, 0.717) is 6.54 Å². The molecular formula is C10H13F3N2. The molecule has 0 aliphatic carbocycles. The fourth-order valence-electron chi connectivity index (χ4n) is 1.08. The average Bonchev–Trinajstić information content (AvgIpc) is 2.13. The van der Waals surface area contributed by atoms with Crippen molar-refractivity contribution < 1.29 is 13.2 Å². The molecular weight excluding hydrogens is 205 g/mol. The maximum Gasteiger partial charge on any atom is 0.194 e. The van der Waals surface area contributed by atoms with Gasteiger partial charge in [0.2, 0.25) is 0 Å². The van der Waals surface area contributed by atoms with Gasteiger partial charge < -0.3 is 10.2 Å². The van der Waals surface area contributed by atoms with E-state index in [1.165, 1.54) is 0 Å². The van der Waals surface area contributed by atoms with Crippen LogP contribution in [0.5, 0.6) is 0 Å². The molecule has 0 heterocycles. The molecule has 15 heavy (non-hydrogen) atoms. The summed E-state index contributed by atoms with van der Waals surface area (Å²) in [6.07, 6.45) is 0. The molecule has 84 valence electrons. The highest BCUT2D eigenvalue weighted by molar-refractivity contribution is 5.44. The molecule has 1 N–H and O–H groups in total. The molecule has 0 fully saturated rings. The van der Waals surface area contributed by atoms with E-state index in [-0.39, 0.29) is 5.69 Å². The highest BCUT2D eigenvalue weighted by Crippen LogP contribution is 2.16. The number of benzene rings is 1. The fraction of sp³-hybridized carbons (Fsp3) is 0.400. The average molecular weight is 218 g/mol. The molecule has 0 saturated heterocycles. The first-order valence-corrected chi connectivity index (χ1v) is 4.54. The summed E-state index contributed by atoms with van der Waals surface area (Å²) in [6, 6.07) is 1.88. The zero-order valence-corrected chi connectivity index (χ0v) is 8.65. The number of nitrogens with one attached hydrogen (secondary N) is 1. The van der Waals surface area contributed by atoms with Gasteiger partial charge in [0.15, 0.2) is 17.5 Å². The quantitative estimate of drug-likeness (QED) is 0.778. The van der Waals surface area contributed by atoms with Crippen LogP contribution in [0.3, 0.4) is 0 Å². The first-order chi connectivity index (χ1) is 7.00. The summed E-state index contributed by atoms with van der Waals surface area (Å²) in [7, 11) is 3.76. The monoisotopic (exact) mass is 218 g/mol. The van der Waals surface area contributed by atoms with E-state index in [1.54, 1.807) is 0 Å². The van der Waals surface area contributed by atoms with Crippen LogP contribution in [0, 0.1) is 17.5 Å². The number of anilines is 1. The second kappa shape index (κ2) is 5.02. The van der Waals surface area contributed by atoms with E-state index < -0.39 is 17.5 Å². The van der Waals surface area contributed by atoms with Crippen molar-refractivity contribution in [2.45, 2.75) is 0 Å². The van der Waals surface area contributed by atoms with E-state index in [0.717, 1.165) is 18.7 Å². The summed E-state index contributed by atoms with van der Waals surface area (Å²) in [6.45, 7) is 1.26. The lowest BCUT2D eigenvalue weighted by Gasteiger charge is -2.11. The van der Waals surface area contributed by atoms with Crippen molar-refractivity contribution in [2.75, 3.05) is 32.5 Å². The molecule has 0 aliphatic heterocycles. The molecule has 1 rings (SSSR count). The van der Waals surface area contributed by atoms with Gasteiger partial charge in [0, 0.05) is 30.9 Å². The minimum atomic E-state index is -1.44. The van der Waals surface area contributed by atoms with Crippen molar-refractivity contribution in [3.05, 3.63) is 29.6 Å². The Morgan fingerprint density at radius 1 is 1.13 bits per heavy atom. The number of nitrogens with zero attached hydrogens (tertiary/aromatic N) is 1. The van der Waals surface area contributed by atoms with Gasteiger partial charge in [0.1, 0.15) is 0 Å². The van der Waals surface area contributed by atoms with Gasteiger partial charge in [-0.15, -0.1) is 0 Å². The fourth-order valence-corrected chi connectivity index (χ4v) is 1.08. The molecule has 0 bridgehead atoms. The van der Waals surface area contributed by atoms with Gasteiger partial charge in [0.05, 0.1) is 0 Å². The van der Waals surface area contributed by atoms with Crippen molar-refractivity contribution in [3.8, 4) is 0 Å². The van der Waals surface area contributed by atoms with Crippen molar-refractivity contribution in [2.24, 2.45) is 0 Å². The molecule has 5 heteroatoms. The Labute approximate surface area is 86.7 Å². The molecule has 0 saturated carbocycles.